The van der Waals surface area contributed by atoms with Crippen molar-refractivity contribution in [2.24, 2.45) is 0 Å². The SMILES string of the molecule is CNC(=O)[AsH]c1ccc(S(=O)(=O)NC(=O)c2ccccc2OC)cc1. The van der Waals surface area contributed by atoms with Crippen molar-refractivity contribution in [2.75, 3.05) is 14.2 Å². The number of carbonyl (C=O) groups is 2. The van der Waals surface area contributed by atoms with Crippen LogP contribution in [0.1, 0.15) is 10.4 Å². The summed E-state index contributed by atoms with van der Waals surface area (Å²) in [6.45, 7) is 0. The van der Waals surface area contributed by atoms with Crippen LogP contribution in [0.5, 0.6) is 5.75 Å². The summed E-state index contributed by atoms with van der Waals surface area (Å²) >= 11 is -1.04. The Hall–Kier alpha value is -2.31. The molecule has 0 aliphatic heterocycles. The van der Waals surface area contributed by atoms with Gasteiger partial charge in [-0.15, -0.1) is 0 Å². The quantitative estimate of drug-likeness (QED) is 0.646. The zero-order valence-electron chi connectivity index (χ0n) is 13.6. The fourth-order valence-electron chi connectivity index (χ4n) is 1.98. The molecule has 0 heterocycles. The molecule has 2 rings (SSSR count). The molecule has 2 aromatic carbocycles. The first-order valence-electron chi connectivity index (χ1n) is 7.16. The molecule has 2 N–H and O–H groups in total. The first-order chi connectivity index (χ1) is 11.9. The summed E-state index contributed by atoms with van der Waals surface area (Å²) in [7, 11) is -1.07. The molecule has 0 radical (unpaired) electrons. The Balaban J connectivity index is 2.18. The number of benzene rings is 2. The van der Waals surface area contributed by atoms with Gasteiger partial charge in [-0.2, -0.15) is 0 Å². The Labute approximate surface area is 152 Å². The summed E-state index contributed by atoms with van der Waals surface area (Å²) in [5.41, 5.74) is 0.122. The number of rotatable bonds is 6. The predicted molar refractivity (Wildman–Crippen MR) is 95.3 cm³/mol. The van der Waals surface area contributed by atoms with Gasteiger partial charge in [0.25, 0.3) is 0 Å². The number of hydrogen-bond donors (Lipinski definition) is 2. The van der Waals surface area contributed by atoms with E-state index in [9.17, 15) is 18.0 Å². The number of nitrogens with one attached hydrogen (secondary N) is 2. The molecule has 0 aromatic heterocycles. The van der Waals surface area contributed by atoms with Crippen LogP contribution in [0.3, 0.4) is 0 Å². The molecule has 1 unspecified atom stereocenters. The van der Waals surface area contributed by atoms with Crippen molar-refractivity contribution >= 4 is 40.7 Å². The van der Waals surface area contributed by atoms with Gasteiger partial charge in [0.05, 0.1) is 0 Å². The molecule has 2 amide bonds. The van der Waals surface area contributed by atoms with Crippen molar-refractivity contribution in [3.05, 3.63) is 54.1 Å². The fourth-order valence-corrected chi connectivity index (χ4v) is 4.46. The average molecular weight is 424 g/mol. The molecule has 1 atom stereocenters. The molecule has 25 heavy (non-hydrogen) atoms. The fraction of sp³-hybridized carbons (Fsp3) is 0.125. The van der Waals surface area contributed by atoms with Crippen LogP contribution in [0, 0.1) is 0 Å². The van der Waals surface area contributed by atoms with E-state index in [1.54, 1.807) is 37.4 Å². The summed E-state index contributed by atoms with van der Waals surface area (Å²) in [6.07, 6.45) is 0. The first-order valence-corrected chi connectivity index (χ1v) is 10.7. The second-order valence-electron chi connectivity index (χ2n) is 4.86. The van der Waals surface area contributed by atoms with Crippen LogP contribution in [0.4, 0.5) is 4.79 Å². The zero-order valence-corrected chi connectivity index (χ0v) is 16.5. The van der Waals surface area contributed by atoms with Gasteiger partial charge in [0.2, 0.25) is 0 Å². The second-order valence-corrected chi connectivity index (χ2v) is 9.23. The predicted octanol–water partition coefficient (Wildman–Crippen LogP) is 0.215. The zero-order chi connectivity index (χ0) is 18.4. The number of sulfonamides is 1. The number of hydrogen-bond acceptors (Lipinski definition) is 5. The molecule has 0 fully saturated rings. The number of para-hydroxylation sites is 1. The van der Waals surface area contributed by atoms with E-state index < -0.39 is 31.7 Å². The summed E-state index contributed by atoms with van der Waals surface area (Å²) in [4.78, 5) is 23.6. The molecule has 2 aromatic rings. The Bertz CT molecular complexity index is 882. The van der Waals surface area contributed by atoms with Crippen LogP contribution in [0.15, 0.2) is 53.4 Å². The molecule has 0 saturated carbocycles. The van der Waals surface area contributed by atoms with E-state index in [1.807, 2.05) is 4.72 Å². The van der Waals surface area contributed by atoms with Gasteiger partial charge < -0.3 is 0 Å². The van der Waals surface area contributed by atoms with Gasteiger partial charge in [-0.25, -0.2) is 0 Å². The molecule has 0 aliphatic carbocycles. The average Bonchev–Trinajstić information content (AvgIpc) is 2.61. The van der Waals surface area contributed by atoms with Crippen LogP contribution in [0.25, 0.3) is 0 Å². The molecule has 0 saturated heterocycles. The van der Waals surface area contributed by atoms with Gasteiger partial charge in [-0.05, 0) is 0 Å². The summed E-state index contributed by atoms with van der Waals surface area (Å²) in [5.74, 6) is -0.498. The molecule has 0 bridgehead atoms. The molecule has 7 nitrogen and oxygen atoms in total. The topological polar surface area (TPSA) is 102 Å². The second kappa shape index (κ2) is 8.18. The maximum absolute atomic E-state index is 12.4. The molecular formula is C16H17AsN2O5S. The van der Waals surface area contributed by atoms with Gasteiger partial charge in [0.15, 0.2) is 0 Å². The Morgan fingerprint density at radius 2 is 1.68 bits per heavy atom. The number of carbonyl (C=O) groups excluding carboxylic acids is 2. The van der Waals surface area contributed by atoms with Crippen LogP contribution in [-0.2, 0) is 10.0 Å². The van der Waals surface area contributed by atoms with Crippen molar-refractivity contribution < 1.29 is 22.7 Å². The standard InChI is InChI=1S/C16H17AsN2O5S/c1-18-16(21)17-11-7-9-12(10-8-11)25(22,23)19-15(20)13-5-3-4-6-14(13)24-2/h3-10,17H,1-2H3,(H,18,21)(H,19,20). The Kier molecular flexibility index (Phi) is 6.22. The third-order valence-corrected chi connectivity index (χ3v) is 6.88. The summed E-state index contributed by atoms with van der Waals surface area (Å²) < 4.78 is 32.5. The van der Waals surface area contributed by atoms with Crippen LogP contribution in [-0.4, -0.2) is 48.9 Å². The van der Waals surface area contributed by atoms with Crippen molar-refractivity contribution in [3.63, 3.8) is 0 Å². The van der Waals surface area contributed by atoms with Gasteiger partial charge in [0.1, 0.15) is 0 Å². The van der Waals surface area contributed by atoms with E-state index in [2.05, 4.69) is 5.32 Å². The number of amides is 2. The van der Waals surface area contributed by atoms with Crippen molar-refractivity contribution in [2.45, 2.75) is 4.90 Å². The molecule has 132 valence electrons. The van der Waals surface area contributed by atoms with E-state index in [4.69, 9.17) is 4.74 Å². The minimum atomic E-state index is -4.03. The number of methoxy groups -OCH3 is 1. The van der Waals surface area contributed by atoms with Gasteiger partial charge in [-0.3, -0.25) is 0 Å². The summed E-state index contributed by atoms with van der Waals surface area (Å²) in [6, 6.07) is 12.2. The van der Waals surface area contributed by atoms with Crippen molar-refractivity contribution in [3.8, 4) is 5.75 Å². The van der Waals surface area contributed by atoms with Crippen molar-refractivity contribution in [1.82, 2.24) is 10.0 Å². The monoisotopic (exact) mass is 424 g/mol. The van der Waals surface area contributed by atoms with E-state index in [0.717, 1.165) is 4.35 Å². The molecule has 0 aliphatic rings. The normalized spacial score (nSPS) is 11.3. The van der Waals surface area contributed by atoms with Crippen molar-refractivity contribution in [1.29, 1.82) is 0 Å². The maximum atomic E-state index is 12.4. The van der Waals surface area contributed by atoms with E-state index >= 15 is 0 Å². The molecular weight excluding hydrogens is 407 g/mol. The van der Waals surface area contributed by atoms with Gasteiger partial charge in [-0.1, -0.05) is 0 Å². The van der Waals surface area contributed by atoms with Gasteiger partial charge >= 0.3 is 152 Å². The molecule has 0 spiro atoms. The number of ether oxygens (including phenoxy) is 1. The third kappa shape index (κ3) is 4.84. The Morgan fingerprint density at radius 3 is 2.28 bits per heavy atom. The molecule has 9 heteroatoms. The van der Waals surface area contributed by atoms with E-state index in [0.29, 0.717) is 0 Å². The minimum absolute atomic E-state index is 0.0528. The van der Waals surface area contributed by atoms with E-state index in [1.165, 1.54) is 25.3 Å². The third-order valence-electron chi connectivity index (χ3n) is 3.23. The van der Waals surface area contributed by atoms with E-state index in [-0.39, 0.29) is 20.9 Å². The Morgan fingerprint density at radius 1 is 1.04 bits per heavy atom. The first kappa shape index (κ1) is 19.0. The van der Waals surface area contributed by atoms with Crippen LogP contribution in [0.2, 0.25) is 0 Å². The van der Waals surface area contributed by atoms with Crippen LogP contribution < -0.4 is 19.1 Å². The summed E-state index contributed by atoms with van der Waals surface area (Å²) in [5, 5.41) is 2.54. The van der Waals surface area contributed by atoms with Gasteiger partial charge in [0, 0.05) is 0 Å². The van der Waals surface area contributed by atoms with Crippen LogP contribution >= 0.6 is 0 Å².